The Morgan fingerprint density at radius 1 is 1.00 bits per heavy atom. The highest BCUT2D eigenvalue weighted by atomic mass is 31.2. The Bertz CT molecular complexity index is 672. The summed E-state index contributed by atoms with van der Waals surface area (Å²) in [6, 6.07) is 14.2. The summed E-state index contributed by atoms with van der Waals surface area (Å²) in [6.07, 6.45) is 0.871. The Labute approximate surface area is 128 Å². The lowest BCUT2D eigenvalue weighted by atomic mass is 10.3. The molecule has 0 saturated heterocycles. The first-order valence-corrected chi connectivity index (χ1v) is 8.53. The number of non-ortho nitro benzene ring substituents is 1. The maximum absolute atomic E-state index is 12.8. The van der Waals surface area contributed by atoms with E-state index in [-0.39, 0.29) is 17.6 Å². The first-order chi connectivity index (χ1) is 10.5. The molecule has 2 aromatic rings. The summed E-state index contributed by atoms with van der Waals surface area (Å²) in [5.41, 5.74) is -0.0540. The zero-order chi connectivity index (χ0) is 16.0. The summed E-state index contributed by atoms with van der Waals surface area (Å²) >= 11 is 0. The first kappa shape index (κ1) is 16.0. The number of benzene rings is 2. The second-order valence-corrected chi connectivity index (χ2v) is 6.62. The van der Waals surface area contributed by atoms with Crippen molar-refractivity contribution >= 4 is 13.3 Å². The smallest absolute Gasteiger partial charge is 0.416 e. The number of nitro benzene ring substituents is 1. The molecule has 1 atom stereocenters. The molecule has 0 aliphatic heterocycles. The molecule has 0 saturated carbocycles. The summed E-state index contributed by atoms with van der Waals surface area (Å²) in [4.78, 5) is 10.1. The summed E-state index contributed by atoms with van der Waals surface area (Å²) in [5, 5.41) is 10.6. The van der Waals surface area contributed by atoms with E-state index in [0.29, 0.717) is 12.2 Å². The van der Waals surface area contributed by atoms with Crippen molar-refractivity contribution in [3.63, 3.8) is 0 Å². The Balaban J connectivity index is 2.17. The fourth-order valence-electron chi connectivity index (χ4n) is 1.82. The molecule has 116 valence electrons. The maximum atomic E-state index is 12.8. The molecular weight excluding hydrogens is 305 g/mol. The van der Waals surface area contributed by atoms with Crippen molar-refractivity contribution in [3.8, 4) is 11.5 Å². The van der Waals surface area contributed by atoms with Crippen LogP contribution in [0.5, 0.6) is 11.5 Å². The van der Waals surface area contributed by atoms with Gasteiger partial charge in [-0.1, -0.05) is 25.1 Å². The van der Waals surface area contributed by atoms with Crippen LogP contribution in [0.15, 0.2) is 54.6 Å². The molecule has 0 fully saturated rings. The first-order valence-electron chi connectivity index (χ1n) is 6.80. The van der Waals surface area contributed by atoms with Crippen molar-refractivity contribution < 1.29 is 18.5 Å². The standard InChI is InChI=1S/C15H16NO5P/c1-2-12-22(19,20-14-6-4-3-5-7-14)21-15-10-8-13(9-11-15)16(17)18/h3-11H,2,12H2,1H3/t22-/m0/s1. The topological polar surface area (TPSA) is 78.7 Å². The van der Waals surface area contributed by atoms with E-state index >= 15 is 0 Å². The van der Waals surface area contributed by atoms with Gasteiger partial charge in [0.2, 0.25) is 0 Å². The molecule has 0 N–H and O–H groups in total. The van der Waals surface area contributed by atoms with Gasteiger partial charge in [0.25, 0.3) is 5.69 Å². The molecule has 0 aliphatic carbocycles. The third-order valence-electron chi connectivity index (χ3n) is 2.78. The molecule has 0 unspecified atom stereocenters. The lowest BCUT2D eigenvalue weighted by molar-refractivity contribution is -0.384. The van der Waals surface area contributed by atoms with Crippen molar-refractivity contribution in [3.05, 3.63) is 64.7 Å². The van der Waals surface area contributed by atoms with E-state index in [4.69, 9.17) is 9.05 Å². The number of hydrogen-bond donors (Lipinski definition) is 0. The second kappa shape index (κ2) is 7.09. The van der Waals surface area contributed by atoms with Crippen LogP contribution in [-0.4, -0.2) is 11.1 Å². The SMILES string of the molecule is CCC[P@](=O)(Oc1ccccc1)Oc1ccc([N+](=O)[O-])cc1. The fraction of sp³-hybridized carbons (Fsp3) is 0.200. The summed E-state index contributed by atoms with van der Waals surface area (Å²) in [7, 11) is -3.37. The van der Waals surface area contributed by atoms with Gasteiger partial charge in [0.1, 0.15) is 11.5 Å². The van der Waals surface area contributed by atoms with Crippen LogP contribution < -0.4 is 9.05 Å². The Morgan fingerprint density at radius 3 is 2.05 bits per heavy atom. The minimum atomic E-state index is -3.37. The number of hydrogen-bond acceptors (Lipinski definition) is 5. The van der Waals surface area contributed by atoms with Gasteiger partial charge in [-0.3, -0.25) is 10.1 Å². The molecule has 7 heteroatoms. The van der Waals surface area contributed by atoms with E-state index in [1.807, 2.05) is 13.0 Å². The Hall–Kier alpha value is -2.33. The molecule has 0 spiro atoms. The van der Waals surface area contributed by atoms with Crippen molar-refractivity contribution in [2.45, 2.75) is 13.3 Å². The predicted molar refractivity (Wildman–Crippen MR) is 83.6 cm³/mol. The zero-order valence-corrected chi connectivity index (χ0v) is 12.9. The highest BCUT2D eigenvalue weighted by Crippen LogP contribution is 2.49. The summed E-state index contributed by atoms with van der Waals surface area (Å²) in [5.74, 6) is 0.736. The molecule has 22 heavy (non-hydrogen) atoms. The summed E-state index contributed by atoms with van der Waals surface area (Å²) in [6.45, 7) is 1.88. The minimum absolute atomic E-state index is 0.0540. The zero-order valence-electron chi connectivity index (χ0n) is 12.0. The largest absolute Gasteiger partial charge is 0.430 e. The molecule has 0 aliphatic rings. The van der Waals surface area contributed by atoms with Gasteiger partial charge in [0.15, 0.2) is 0 Å². The fourth-order valence-corrected chi connectivity index (χ4v) is 3.47. The van der Waals surface area contributed by atoms with Gasteiger partial charge in [0, 0.05) is 12.1 Å². The van der Waals surface area contributed by atoms with E-state index < -0.39 is 12.5 Å². The van der Waals surface area contributed by atoms with Crippen LogP contribution in [0.3, 0.4) is 0 Å². The van der Waals surface area contributed by atoms with Gasteiger partial charge in [-0.25, -0.2) is 4.57 Å². The normalized spacial score (nSPS) is 13.1. The van der Waals surface area contributed by atoms with Crippen LogP contribution in [0, 0.1) is 10.1 Å². The van der Waals surface area contributed by atoms with Crippen molar-refractivity contribution in [2.24, 2.45) is 0 Å². The molecule has 0 aromatic heterocycles. The summed E-state index contributed by atoms with van der Waals surface area (Å²) < 4.78 is 23.8. The van der Waals surface area contributed by atoms with Crippen LogP contribution in [-0.2, 0) is 4.57 Å². The van der Waals surface area contributed by atoms with Gasteiger partial charge < -0.3 is 9.05 Å². The number of para-hydroxylation sites is 1. The lowest BCUT2D eigenvalue weighted by Crippen LogP contribution is -2.04. The Morgan fingerprint density at radius 2 is 1.55 bits per heavy atom. The average molecular weight is 321 g/mol. The molecule has 0 heterocycles. The van der Waals surface area contributed by atoms with Gasteiger partial charge in [-0.05, 0) is 30.7 Å². The van der Waals surface area contributed by atoms with E-state index in [2.05, 4.69) is 0 Å². The Kier molecular flexibility index (Phi) is 5.17. The van der Waals surface area contributed by atoms with E-state index in [1.165, 1.54) is 24.3 Å². The maximum Gasteiger partial charge on any atom is 0.430 e. The lowest BCUT2D eigenvalue weighted by Gasteiger charge is -2.19. The van der Waals surface area contributed by atoms with E-state index in [0.717, 1.165) is 0 Å². The van der Waals surface area contributed by atoms with Crippen molar-refractivity contribution in [1.29, 1.82) is 0 Å². The van der Waals surface area contributed by atoms with Crippen molar-refractivity contribution in [2.75, 3.05) is 6.16 Å². The molecule has 0 bridgehead atoms. The third-order valence-corrected chi connectivity index (χ3v) is 4.75. The van der Waals surface area contributed by atoms with E-state index in [9.17, 15) is 14.7 Å². The number of nitro groups is 1. The molecule has 2 rings (SSSR count). The monoisotopic (exact) mass is 321 g/mol. The van der Waals surface area contributed by atoms with Crippen molar-refractivity contribution in [1.82, 2.24) is 0 Å². The van der Waals surface area contributed by atoms with Gasteiger partial charge in [0.05, 0.1) is 11.1 Å². The van der Waals surface area contributed by atoms with Gasteiger partial charge >= 0.3 is 7.60 Å². The number of nitrogens with zero attached hydrogens (tertiary/aromatic N) is 1. The minimum Gasteiger partial charge on any atom is -0.416 e. The average Bonchev–Trinajstić information content (AvgIpc) is 2.48. The third kappa shape index (κ3) is 4.33. The van der Waals surface area contributed by atoms with Crippen LogP contribution >= 0.6 is 7.60 Å². The molecule has 2 aromatic carbocycles. The quantitative estimate of drug-likeness (QED) is 0.421. The number of rotatable bonds is 7. The molecule has 6 nitrogen and oxygen atoms in total. The van der Waals surface area contributed by atoms with Crippen LogP contribution in [0.2, 0.25) is 0 Å². The highest BCUT2D eigenvalue weighted by Gasteiger charge is 2.27. The van der Waals surface area contributed by atoms with Crippen LogP contribution in [0.1, 0.15) is 13.3 Å². The van der Waals surface area contributed by atoms with Crippen LogP contribution in [0.25, 0.3) is 0 Å². The van der Waals surface area contributed by atoms with Crippen LogP contribution in [0.4, 0.5) is 5.69 Å². The highest BCUT2D eigenvalue weighted by molar-refractivity contribution is 7.54. The molecular formula is C15H16NO5P. The molecule has 0 radical (unpaired) electrons. The predicted octanol–water partition coefficient (Wildman–Crippen LogP) is 4.66. The molecule has 0 amide bonds. The van der Waals surface area contributed by atoms with E-state index in [1.54, 1.807) is 24.3 Å². The van der Waals surface area contributed by atoms with Gasteiger partial charge in [-0.2, -0.15) is 0 Å². The van der Waals surface area contributed by atoms with Gasteiger partial charge in [-0.15, -0.1) is 0 Å². The second-order valence-electron chi connectivity index (χ2n) is 4.58.